The number of piperazine rings is 1. The van der Waals surface area contributed by atoms with Crippen molar-refractivity contribution in [1.29, 1.82) is 0 Å². The van der Waals surface area contributed by atoms with Crippen LogP contribution >= 0.6 is 0 Å². The molecule has 4 rings (SSSR count). The Balaban J connectivity index is 1.38. The third-order valence-corrected chi connectivity index (χ3v) is 5.51. The first-order valence-corrected chi connectivity index (χ1v) is 9.89. The van der Waals surface area contributed by atoms with Crippen LogP contribution in [0.4, 0.5) is 0 Å². The summed E-state index contributed by atoms with van der Waals surface area (Å²) in [5.74, 6) is 1.24. The molecule has 1 amide bonds. The van der Waals surface area contributed by atoms with Crippen molar-refractivity contribution >= 4 is 16.7 Å². The van der Waals surface area contributed by atoms with Crippen LogP contribution in [-0.2, 0) is 6.54 Å². The molecule has 1 aliphatic heterocycles. The molecule has 0 saturated carbocycles. The number of rotatable bonds is 5. The van der Waals surface area contributed by atoms with Gasteiger partial charge in [-0.2, -0.15) is 0 Å². The van der Waals surface area contributed by atoms with Crippen LogP contribution in [0, 0.1) is 0 Å². The maximum absolute atomic E-state index is 12.9. The van der Waals surface area contributed by atoms with Crippen molar-refractivity contribution in [2.24, 2.45) is 0 Å². The number of carbonyl (C=O) groups excluding carboxylic acids is 1. The number of amides is 1. The Morgan fingerprint density at radius 2 is 1.55 bits per heavy atom. The van der Waals surface area contributed by atoms with Crippen molar-refractivity contribution in [2.75, 3.05) is 40.4 Å². The van der Waals surface area contributed by atoms with Crippen LogP contribution in [0.1, 0.15) is 15.9 Å². The number of nitrogens with zero attached hydrogens (tertiary/aromatic N) is 2. The molecule has 1 saturated heterocycles. The van der Waals surface area contributed by atoms with Crippen LogP contribution in [0.25, 0.3) is 10.8 Å². The van der Waals surface area contributed by atoms with Gasteiger partial charge in [0.05, 0.1) is 14.2 Å². The average Bonchev–Trinajstić information content (AvgIpc) is 2.78. The van der Waals surface area contributed by atoms with Gasteiger partial charge in [0.2, 0.25) is 0 Å². The molecule has 0 N–H and O–H groups in total. The van der Waals surface area contributed by atoms with Crippen molar-refractivity contribution in [3.8, 4) is 11.5 Å². The summed E-state index contributed by atoms with van der Waals surface area (Å²) in [6, 6.07) is 20.4. The summed E-state index contributed by atoms with van der Waals surface area (Å²) in [6.07, 6.45) is 0. The second kappa shape index (κ2) is 8.53. The number of carbonyl (C=O) groups is 1. The van der Waals surface area contributed by atoms with Crippen molar-refractivity contribution in [3.63, 3.8) is 0 Å². The second-order valence-corrected chi connectivity index (χ2v) is 7.32. The SMILES string of the molecule is COc1ccc(C(=O)N2CCN(Cc3ccc4ccccc4c3)CC2)cc1OC. The normalized spacial score (nSPS) is 14.8. The van der Waals surface area contributed by atoms with E-state index in [1.807, 2.05) is 4.90 Å². The Morgan fingerprint density at radius 1 is 0.828 bits per heavy atom. The van der Waals surface area contributed by atoms with E-state index in [0.717, 1.165) is 32.7 Å². The van der Waals surface area contributed by atoms with Crippen LogP contribution in [0.5, 0.6) is 11.5 Å². The molecule has 0 unspecified atom stereocenters. The summed E-state index contributed by atoms with van der Waals surface area (Å²) < 4.78 is 10.6. The van der Waals surface area contributed by atoms with Gasteiger partial charge in [-0.05, 0) is 40.6 Å². The molecule has 0 aliphatic carbocycles. The summed E-state index contributed by atoms with van der Waals surface area (Å²) >= 11 is 0. The van der Waals surface area contributed by atoms with Gasteiger partial charge in [0.25, 0.3) is 5.91 Å². The van der Waals surface area contributed by atoms with Gasteiger partial charge < -0.3 is 14.4 Å². The minimum absolute atomic E-state index is 0.0382. The topological polar surface area (TPSA) is 42.0 Å². The van der Waals surface area contributed by atoms with Gasteiger partial charge in [0.15, 0.2) is 11.5 Å². The predicted octanol–water partition coefficient (Wildman–Crippen LogP) is 3.82. The third-order valence-electron chi connectivity index (χ3n) is 5.51. The number of ether oxygens (including phenoxy) is 2. The molecule has 0 radical (unpaired) electrons. The quantitative estimate of drug-likeness (QED) is 0.664. The molecule has 0 atom stereocenters. The van der Waals surface area contributed by atoms with E-state index in [-0.39, 0.29) is 5.91 Å². The summed E-state index contributed by atoms with van der Waals surface area (Å²) in [4.78, 5) is 17.2. The summed E-state index contributed by atoms with van der Waals surface area (Å²) in [6.45, 7) is 4.09. The molecule has 5 nitrogen and oxygen atoms in total. The molecule has 5 heteroatoms. The minimum atomic E-state index is 0.0382. The fraction of sp³-hybridized carbons (Fsp3) is 0.292. The fourth-order valence-electron chi connectivity index (χ4n) is 3.86. The Hall–Kier alpha value is -3.05. The first-order chi connectivity index (χ1) is 14.2. The van der Waals surface area contributed by atoms with E-state index in [2.05, 4.69) is 47.4 Å². The first kappa shape index (κ1) is 19.3. The summed E-state index contributed by atoms with van der Waals surface area (Å²) in [5, 5.41) is 2.54. The van der Waals surface area contributed by atoms with E-state index < -0.39 is 0 Å². The van der Waals surface area contributed by atoms with Crippen molar-refractivity contribution < 1.29 is 14.3 Å². The lowest BCUT2D eigenvalue weighted by Gasteiger charge is -2.35. The second-order valence-electron chi connectivity index (χ2n) is 7.32. The Kier molecular flexibility index (Phi) is 5.67. The van der Waals surface area contributed by atoms with Crippen LogP contribution in [0.3, 0.4) is 0 Å². The zero-order valence-corrected chi connectivity index (χ0v) is 16.9. The van der Waals surface area contributed by atoms with Gasteiger partial charge in [0, 0.05) is 38.3 Å². The molecule has 1 fully saturated rings. The van der Waals surface area contributed by atoms with E-state index >= 15 is 0 Å². The number of hydrogen-bond donors (Lipinski definition) is 0. The molecular weight excluding hydrogens is 364 g/mol. The Bertz CT molecular complexity index is 1010. The van der Waals surface area contributed by atoms with Gasteiger partial charge in [-0.25, -0.2) is 0 Å². The lowest BCUT2D eigenvalue weighted by Crippen LogP contribution is -2.48. The molecule has 1 heterocycles. The monoisotopic (exact) mass is 390 g/mol. The molecular formula is C24H26N2O3. The Morgan fingerprint density at radius 3 is 2.28 bits per heavy atom. The van der Waals surface area contributed by atoms with Gasteiger partial charge in [-0.3, -0.25) is 9.69 Å². The fourth-order valence-corrected chi connectivity index (χ4v) is 3.86. The summed E-state index contributed by atoms with van der Waals surface area (Å²) in [7, 11) is 3.17. The molecule has 0 aromatic heterocycles. The average molecular weight is 390 g/mol. The van der Waals surface area contributed by atoms with Crippen LogP contribution in [0.15, 0.2) is 60.7 Å². The molecule has 0 spiro atoms. The lowest BCUT2D eigenvalue weighted by molar-refractivity contribution is 0.0628. The maximum atomic E-state index is 12.9. The van der Waals surface area contributed by atoms with E-state index in [4.69, 9.17) is 9.47 Å². The molecule has 3 aromatic carbocycles. The van der Waals surface area contributed by atoms with E-state index in [1.54, 1.807) is 32.4 Å². The predicted molar refractivity (Wildman–Crippen MR) is 115 cm³/mol. The van der Waals surface area contributed by atoms with Crippen molar-refractivity contribution in [3.05, 3.63) is 71.8 Å². The molecule has 150 valence electrons. The van der Waals surface area contributed by atoms with E-state index in [0.29, 0.717) is 17.1 Å². The highest BCUT2D eigenvalue weighted by Gasteiger charge is 2.23. The standard InChI is InChI=1S/C24H26N2O3/c1-28-22-10-9-21(16-23(22)29-2)24(27)26-13-11-25(12-14-26)17-18-7-8-19-5-3-4-6-20(19)15-18/h3-10,15-16H,11-14,17H2,1-2H3. The zero-order valence-electron chi connectivity index (χ0n) is 16.9. The van der Waals surface area contributed by atoms with Crippen molar-refractivity contribution in [1.82, 2.24) is 9.80 Å². The first-order valence-electron chi connectivity index (χ1n) is 9.89. The van der Waals surface area contributed by atoms with E-state index in [9.17, 15) is 4.79 Å². The number of fused-ring (bicyclic) bond motifs is 1. The van der Waals surface area contributed by atoms with Gasteiger partial charge >= 0.3 is 0 Å². The van der Waals surface area contributed by atoms with Crippen molar-refractivity contribution in [2.45, 2.75) is 6.54 Å². The number of methoxy groups -OCH3 is 2. The molecule has 29 heavy (non-hydrogen) atoms. The zero-order chi connectivity index (χ0) is 20.2. The van der Waals surface area contributed by atoms with E-state index in [1.165, 1.54) is 16.3 Å². The number of benzene rings is 3. The van der Waals surface area contributed by atoms with Crippen LogP contribution < -0.4 is 9.47 Å². The lowest BCUT2D eigenvalue weighted by atomic mass is 10.1. The number of hydrogen-bond acceptors (Lipinski definition) is 4. The highest BCUT2D eigenvalue weighted by molar-refractivity contribution is 5.95. The van der Waals surface area contributed by atoms with Gasteiger partial charge in [0.1, 0.15) is 0 Å². The minimum Gasteiger partial charge on any atom is -0.493 e. The van der Waals surface area contributed by atoms with Crippen LogP contribution in [0.2, 0.25) is 0 Å². The largest absolute Gasteiger partial charge is 0.493 e. The molecule has 3 aromatic rings. The molecule has 1 aliphatic rings. The highest BCUT2D eigenvalue weighted by Crippen LogP contribution is 2.28. The highest BCUT2D eigenvalue weighted by atomic mass is 16.5. The van der Waals surface area contributed by atoms with Gasteiger partial charge in [-0.15, -0.1) is 0 Å². The summed E-state index contributed by atoms with van der Waals surface area (Å²) in [5.41, 5.74) is 1.94. The maximum Gasteiger partial charge on any atom is 0.254 e. The Labute approximate surface area is 171 Å². The third kappa shape index (κ3) is 4.20. The van der Waals surface area contributed by atoms with Gasteiger partial charge in [-0.1, -0.05) is 36.4 Å². The molecule has 0 bridgehead atoms. The van der Waals surface area contributed by atoms with Crippen LogP contribution in [-0.4, -0.2) is 56.1 Å². The smallest absolute Gasteiger partial charge is 0.254 e.